The Hall–Kier alpha value is -2.82. The average Bonchev–Trinajstić information content (AvgIpc) is 2.57. The van der Waals surface area contributed by atoms with E-state index in [0.717, 1.165) is 5.56 Å². The van der Waals surface area contributed by atoms with Crippen molar-refractivity contribution >= 4 is 17.9 Å². The summed E-state index contributed by atoms with van der Waals surface area (Å²) >= 11 is 0. The van der Waals surface area contributed by atoms with E-state index in [4.69, 9.17) is 10.5 Å². The van der Waals surface area contributed by atoms with Crippen LogP contribution in [0.1, 0.15) is 23.1 Å². The molecule has 1 amide bonds. The molecule has 2 rings (SSSR count). The number of carbonyl (C=O) groups is 1. The topological polar surface area (TPSA) is 64.3 Å². The predicted molar refractivity (Wildman–Crippen MR) is 93.8 cm³/mol. The van der Waals surface area contributed by atoms with Crippen molar-refractivity contribution in [3.63, 3.8) is 0 Å². The van der Waals surface area contributed by atoms with Gasteiger partial charge in [0, 0.05) is 17.8 Å². The van der Waals surface area contributed by atoms with Crippen LogP contribution in [0.5, 0.6) is 0 Å². The molecule has 5 heteroatoms. The fourth-order valence-electron chi connectivity index (χ4n) is 2.16. The first-order valence-corrected chi connectivity index (χ1v) is 7.73. The first-order chi connectivity index (χ1) is 11.6. The molecular formula is C19H21FN2O2. The quantitative estimate of drug-likeness (QED) is 0.621. The van der Waals surface area contributed by atoms with Crippen LogP contribution in [-0.4, -0.2) is 12.6 Å². The van der Waals surface area contributed by atoms with Crippen molar-refractivity contribution in [1.82, 2.24) is 5.32 Å². The Kier molecular flexibility index (Phi) is 6.37. The fourth-order valence-corrected chi connectivity index (χ4v) is 2.16. The molecule has 0 atom stereocenters. The van der Waals surface area contributed by atoms with Crippen molar-refractivity contribution in [2.75, 3.05) is 12.3 Å². The number of ether oxygens (including phenoxy) is 1. The van der Waals surface area contributed by atoms with E-state index < -0.39 is 6.09 Å². The van der Waals surface area contributed by atoms with Crippen LogP contribution in [-0.2, 0) is 11.3 Å². The number of alkyl carbamates (subject to hydrolysis) is 1. The van der Waals surface area contributed by atoms with Crippen LogP contribution in [0, 0.1) is 12.7 Å². The third kappa shape index (κ3) is 5.43. The van der Waals surface area contributed by atoms with Gasteiger partial charge >= 0.3 is 6.09 Å². The zero-order chi connectivity index (χ0) is 17.4. The molecule has 2 aromatic carbocycles. The lowest BCUT2D eigenvalue weighted by molar-refractivity contribution is 0.140. The number of rotatable bonds is 6. The van der Waals surface area contributed by atoms with Crippen molar-refractivity contribution in [3.8, 4) is 0 Å². The number of benzene rings is 2. The molecule has 0 spiro atoms. The highest BCUT2D eigenvalue weighted by Crippen LogP contribution is 2.20. The molecule has 0 saturated carbocycles. The number of aryl methyl sites for hydroxylation is 1. The van der Waals surface area contributed by atoms with E-state index in [-0.39, 0.29) is 12.4 Å². The minimum absolute atomic E-state index is 0.238. The molecule has 2 aromatic rings. The number of carbonyl (C=O) groups excluding carboxylic acids is 1. The predicted octanol–water partition coefficient (Wildman–Crippen LogP) is 4.05. The summed E-state index contributed by atoms with van der Waals surface area (Å²) in [5.74, 6) is -0.316. The largest absolute Gasteiger partial charge is 0.445 e. The summed E-state index contributed by atoms with van der Waals surface area (Å²) in [7, 11) is 0. The van der Waals surface area contributed by atoms with Gasteiger partial charge in [0.15, 0.2) is 0 Å². The molecule has 0 bridgehead atoms. The lowest BCUT2D eigenvalue weighted by Gasteiger charge is -2.06. The van der Waals surface area contributed by atoms with Gasteiger partial charge in [0.05, 0.1) is 0 Å². The second kappa shape index (κ2) is 8.72. The molecule has 0 aliphatic heterocycles. The van der Waals surface area contributed by atoms with E-state index in [0.29, 0.717) is 29.8 Å². The lowest BCUT2D eigenvalue weighted by atomic mass is 10.1. The number of hydrogen-bond donors (Lipinski definition) is 2. The van der Waals surface area contributed by atoms with Crippen LogP contribution in [0.15, 0.2) is 48.5 Å². The van der Waals surface area contributed by atoms with Gasteiger partial charge in [0.1, 0.15) is 12.4 Å². The van der Waals surface area contributed by atoms with Crippen molar-refractivity contribution in [1.29, 1.82) is 0 Å². The Balaban J connectivity index is 1.72. The van der Waals surface area contributed by atoms with Gasteiger partial charge in [-0.05, 0) is 36.6 Å². The molecular weight excluding hydrogens is 307 g/mol. The highest BCUT2D eigenvalue weighted by atomic mass is 19.1. The monoisotopic (exact) mass is 328 g/mol. The van der Waals surface area contributed by atoms with E-state index in [1.165, 1.54) is 12.1 Å². The second-order valence-corrected chi connectivity index (χ2v) is 5.41. The third-order valence-corrected chi connectivity index (χ3v) is 3.47. The summed E-state index contributed by atoms with van der Waals surface area (Å²) < 4.78 is 18.5. The normalized spacial score (nSPS) is 10.8. The first-order valence-electron chi connectivity index (χ1n) is 7.73. The molecule has 0 heterocycles. The van der Waals surface area contributed by atoms with Gasteiger partial charge in [-0.25, -0.2) is 9.18 Å². The van der Waals surface area contributed by atoms with Gasteiger partial charge in [-0.2, -0.15) is 0 Å². The summed E-state index contributed by atoms with van der Waals surface area (Å²) in [6.07, 6.45) is 3.72. The maximum Gasteiger partial charge on any atom is 0.407 e. The van der Waals surface area contributed by atoms with Crippen LogP contribution in [0.25, 0.3) is 6.08 Å². The Morgan fingerprint density at radius 3 is 2.79 bits per heavy atom. The highest BCUT2D eigenvalue weighted by molar-refractivity contribution is 5.68. The standard InChI is InChI=1S/C19H21FN2O2/c1-14-11-17(20)12-16(18(14)21)9-5-6-10-22-19(23)24-13-15-7-3-2-4-8-15/h2-5,7-9,11-12H,6,10,13,21H2,1H3,(H,22,23). The molecule has 3 N–H and O–H groups in total. The van der Waals surface area contributed by atoms with Gasteiger partial charge in [-0.3, -0.25) is 0 Å². The average molecular weight is 328 g/mol. The second-order valence-electron chi connectivity index (χ2n) is 5.41. The summed E-state index contributed by atoms with van der Waals surface area (Å²) in [6.45, 7) is 2.43. The van der Waals surface area contributed by atoms with Crippen molar-refractivity contribution in [2.45, 2.75) is 20.0 Å². The summed E-state index contributed by atoms with van der Waals surface area (Å²) in [4.78, 5) is 11.6. The molecule has 0 radical (unpaired) electrons. The molecule has 0 unspecified atom stereocenters. The molecule has 0 aliphatic rings. The number of nitrogens with two attached hydrogens (primary N) is 1. The molecule has 0 fully saturated rings. The molecule has 0 aromatic heterocycles. The minimum Gasteiger partial charge on any atom is -0.445 e. The van der Waals surface area contributed by atoms with Crippen molar-refractivity contribution in [3.05, 3.63) is 71.0 Å². The van der Waals surface area contributed by atoms with E-state index in [2.05, 4.69) is 5.32 Å². The first kappa shape index (κ1) is 17.5. The van der Waals surface area contributed by atoms with Crippen LogP contribution in [0.4, 0.5) is 14.9 Å². The summed E-state index contributed by atoms with van der Waals surface area (Å²) in [5.41, 5.74) is 8.74. The third-order valence-electron chi connectivity index (χ3n) is 3.47. The maximum absolute atomic E-state index is 13.4. The van der Waals surface area contributed by atoms with Gasteiger partial charge in [-0.15, -0.1) is 0 Å². The van der Waals surface area contributed by atoms with E-state index in [1.807, 2.05) is 36.4 Å². The molecule has 126 valence electrons. The number of nitrogens with one attached hydrogen (secondary N) is 1. The lowest BCUT2D eigenvalue weighted by Crippen LogP contribution is -2.24. The van der Waals surface area contributed by atoms with Gasteiger partial charge in [0.2, 0.25) is 0 Å². The van der Waals surface area contributed by atoms with Gasteiger partial charge in [-0.1, -0.05) is 42.5 Å². The van der Waals surface area contributed by atoms with Gasteiger partial charge < -0.3 is 15.8 Å². The van der Waals surface area contributed by atoms with Crippen LogP contribution in [0.2, 0.25) is 0 Å². The Labute approximate surface area is 141 Å². The number of halogens is 1. The van der Waals surface area contributed by atoms with E-state index in [9.17, 15) is 9.18 Å². The van der Waals surface area contributed by atoms with Crippen molar-refractivity contribution in [2.24, 2.45) is 0 Å². The maximum atomic E-state index is 13.4. The number of hydrogen-bond acceptors (Lipinski definition) is 3. The van der Waals surface area contributed by atoms with E-state index in [1.54, 1.807) is 13.0 Å². The number of anilines is 1. The number of nitrogen functional groups attached to an aromatic ring is 1. The zero-order valence-electron chi connectivity index (χ0n) is 13.6. The number of amides is 1. The SMILES string of the molecule is Cc1cc(F)cc(C=CCCNC(=O)OCc2ccccc2)c1N. The smallest absolute Gasteiger partial charge is 0.407 e. The molecule has 0 saturated heterocycles. The summed E-state index contributed by atoms with van der Waals surface area (Å²) in [5, 5.41) is 2.66. The van der Waals surface area contributed by atoms with Crippen LogP contribution in [0.3, 0.4) is 0 Å². The molecule has 4 nitrogen and oxygen atoms in total. The van der Waals surface area contributed by atoms with E-state index >= 15 is 0 Å². The van der Waals surface area contributed by atoms with Gasteiger partial charge in [0.25, 0.3) is 0 Å². The molecule has 0 aliphatic carbocycles. The summed E-state index contributed by atoms with van der Waals surface area (Å²) in [6, 6.07) is 12.3. The Bertz CT molecular complexity index is 715. The minimum atomic E-state index is -0.464. The van der Waals surface area contributed by atoms with Crippen molar-refractivity contribution < 1.29 is 13.9 Å². The Morgan fingerprint density at radius 2 is 2.04 bits per heavy atom. The molecule has 24 heavy (non-hydrogen) atoms. The highest BCUT2D eigenvalue weighted by Gasteiger charge is 2.03. The van der Waals surface area contributed by atoms with Crippen LogP contribution < -0.4 is 11.1 Å². The van der Waals surface area contributed by atoms with Crippen LogP contribution >= 0.6 is 0 Å². The fraction of sp³-hybridized carbons (Fsp3) is 0.211. The zero-order valence-corrected chi connectivity index (χ0v) is 13.6. The Morgan fingerprint density at radius 1 is 1.29 bits per heavy atom.